The molecule has 1 N–H and O–H groups in total. The van der Waals surface area contributed by atoms with Crippen molar-refractivity contribution in [3.05, 3.63) is 115 Å². The molecular formula is C28H24N4O3S. The van der Waals surface area contributed by atoms with Crippen LogP contribution in [0.3, 0.4) is 0 Å². The maximum Gasteiger partial charge on any atom is 0.234 e. The Bertz CT molecular complexity index is 1390. The topological polar surface area (TPSA) is 82.2 Å². The first-order valence-electron chi connectivity index (χ1n) is 11.4. The fourth-order valence-electron chi connectivity index (χ4n) is 3.60. The van der Waals surface area contributed by atoms with Crippen LogP contribution in [0.5, 0.6) is 5.75 Å². The molecule has 0 unspecified atom stereocenters. The third-order valence-corrected chi connectivity index (χ3v) is 6.33. The number of nitrogens with one attached hydrogen (secondary N) is 1. The molecule has 36 heavy (non-hydrogen) atoms. The van der Waals surface area contributed by atoms with Crippen molar-refractivity contribution in [3.63, 3.8) is 0 Å². The summed E-state index contributed by atoms with van der Waals surface area (Å²) in [5.41, 5.74) is 2.75. The van der Waals surface area contributed by atoms with Gasteiger partial charge in [0.05, 0.1) is 18.6 Å². The van der Waals surface area contributed by atoms with Crippen LogP contribution in [0.2, 0.25) is 0 Å². The van der Waals surface area contributed by atoms with E-state index in [1.54, 1.807) is 6.26 Å². The molecule has 180 valence electrons. The monoisotopic (exact) mass is 496 g/mol. The summed E-state index contributed by atoms with van der Waals surface area (Å²) in [7, 11) is 0. The van der Waals surface area contributed by atoms with Crippen LogP contribution in [0.4, 0.5) is 5.69 Å². The van der Waals surface area contributed by atoms with Gasteiger partial charge in [-0.3, -0.25) is 9.36 Å². The smallest absolute Gasteiger partial charge is 0.234 e. The number of carbonyl (C=O) groups is 1. The van der Waals surface area contributed by atoms with Crippen LogP contribution in [0.1, 0.15) is 11.3 Å². The molecule has 5 aromatic rings. The zero-order chi connectivity index (χ0) is 24.6. The van der Waals surface area contributed by atoms with E-state index in [0.717, 1.165) is 28.5 Å². The van der Waals surface area contributed by atoms with Gasteiger partial charge in [0.15, 0.2) is 11.0 Å². The SMILES string of the molecule is O=C(CSc1nnc(-c2ccccc2)n1Cc1ccco1)Nc1ccc(OCc2ccccc2)cc1. The normalized spacial score (nSPS) is 10.8. The fraction of sp³-hybridized carbons (Fsp3) is 0.107. The summed E-state index contributed by atoms with van der Waals surface area (Å²) in [4.78, 5) is 12.6. The van der Waals surface area contributed by atoms with Crippen LogP contribution < -0.4 is 10.1 Å². The Morgan fingerprint density at radius 2 is 1.64 bits per heavy atom. The van der Waals surface area contributed by atoms with Gasteiger partial charge in [-0.2, -0.15) is 0 Å². The van der Waals surface area contributed by atoms with E-state index in [1.165, 1.54) is 11.8 Å². The zero-order valence-electron chi connectivity index (χ0n) is 19.4. The van der Waals surface area contributed by atoms with Gasteiger partial charge in [-0.15, -0.1) is 10.2 Å². The maximum atomic E-state index is 12.6. The first-order chi connectivity index (χ1) is 17.7. The Labute approximate surface area is 213 Å². The predicted octanol–water partition coefficient (Wildman–Crippen LogP) is 5.90. The van der Waals surface area contributed by atoms with Crippen molar-refractivity contribution in [3.8, 4) is 17.1 Å². The van der Waals surface area contributed by atoms with E-state index in [-0.39, 0.29) is 11.7 Å². The lowest BCUT2D eigenvalue weighted by Gasteiger charge is -2.10. The summed E-state index contributed by atoms with van der Waals surface area (Å²) in [6.45, 7) is 0.964. The van der Waals surface area contributed by atoms with Gasteiger partial charge in [0.2, 0.25) is 5.91 Å². The molecule has 0 atom stereocenters. The van der Waals surface area contributed by atoms with Crippen LogP contribution >= 0.6 is 11.8 Å². The number of rotatable bonds is 10. The molecule has 5 rings (SSSR count). The number of carbonyl (C=O) groups excluding carboxylic acids is 1. The molecule has 7 nitrogen and oxygen atoms in total. The van der Waals surface area contributed by atoms with Crippen molar-refractivity contribution in [2.24, 2.45) is 0 Å². The Kier molecular flexibility index (Phi) is 7.44. The Balaban J connectivity index is 1.20. The highest BCUT2D eigenvalue weighted by atomic mass is 32.2. The number of anilines is 1. The molecule has 1 amide bonds. The lowest BCUT2D eigenvalue weighted by Crippen LogP contribution is -2.14. The molecule has 8 heteroatoms. The van der Waals surface area contributed by atoms with Crippen LogP contribution in [-0.2, 0) is 17.9 Å². The number of furan rings is 1. The summed E-state index contributed by atoms with van der Waals surface area (Å²) >= 11 is 1.33. The lowest BCUT2D eigenvalue weighted by atomic mass is 10.2. The molecular weight excluding hydrogens is 472 g/mol. The van der Waals surface area contributed by atoms with E-state index in [9.17, 15) is 4.79 Å². The minimum atomic E-state index is -0.133. The number of aromatic nitrogens is 3. The van der Waals surface area contributed by atoms with Crippen molar-refractivity contribution in [2.75, 3.05) is 11.1 Å². The van der Waals surface area contributed by atoms with Gasteiger partial charge < -0.3 is 14.5 Å². The lowest BCUT2D eigenvalue weighted by molar-refractivity contribution is -0.113. The fourth-order valence-corrected chi connectivity index (χ4v) is 4.34. The molecule has 2 heterocycles. The van der Waals surface area contributed by atoms with E-state index in [0.29, 0.717) is 24.0 Å². The van der Waals surface area contributed by atoms with Crippen molar-refractivity contribution in [2.45, 2.75) is 18.3 Å². The number of ether oxygens (including phenoxy) is 1. The molecule has 0 fully saturated rings. The van der Waals surface area contributed by atoms with Gasteiger partial charge in [0.25, 0.3) is 0 Å². The Morgan fingerprint density at radius 3 is 2.36 bits per heavy atom. The summed E-state index contributed by atoms with van der Waals surface area (Å²) in [5.74, 6) is 2.31. The van der Waals surface area contributed by atoms with E-state index in [2.05, 4.69) is 15.5 Å². The molecule has 0 saturated carbocycles. The number of thioether (sulfide) groups is 1. The molecule has 0 bridgehead atoms. The van der Waals surface area contributed by atoms with Gasteiger partial charge in [0.1, 0.15) is 18.1 Å². The first-order valence-corrected chi connectivity index (χ1v) is 12.4. The number of amides is 1. The van der Waals surface area contributed by atoms with Crippen LogP contribution in [0.15, 0.2) is 113 Å². The average molecular weight is 497 g/mol. The molecule has 2 aromatic heterocycles. The van der Waals surface area contributed by atoms with E-state index in [1.807, 2.05) is 102 Å². The van der Waals surface area contributed by atoms with Crippen molar-refractivity contribution in [1.29, 1.82) is 0 Å². The van der Waals surface area contributed by atoms with Crippen LogP contribution in [0.25, 0.3) is 11.4 Å². The summed E-state index contributed by atoms with van der Waals surface area (Å²) < 4.78 is 13.3. The zero-order valence-corrected chi connectivity index (χ0v) is 20.2. The Morgan fingerprint density at radius 1 is 0.889 bits per heavy atom. The summed E-state index contributed by atoms with van der Waals surface area (Å²) in [6, 6.07) is 30.9. The number of nitrogens with zero attached hydrogens (tertiary/aromatic N) is 3. The van der Waals surface area contributed by atoms with Gasteiger partial charge >= 0.3 is 0 Å². The molecule has 0 saturated heterocycles. The standard InChI is InChI=1S/C28H24N4O3S/c33-26(29-23-13-15-24(16-14-23)35-19-21-8-3-1-4-9-21)20-36-28-31-30-27(22-10-5-2-6-11-22)32(28)18-25-12-7-17-34-25/h1-17H,18-20H2,(H,29,33). The second-order valence-corrected chi connectivity index (χ2v) is 8.92. The number of hydrogen-bond acceptors (Lipinski definition) is 6. The van der Waals surface area contributed by atoms with E-state index in [4.69, 9.17) is 9.15 Å². The highest BCUT2D eigenvalue weighted by Gasteiger charge is 2.17. The van der Waals surface area contributed by atoms with Gasteiger partial charge in [0, 0.05) is 11.3 Å². The third-order valence-electron chi connectivity index (χ3n) is 5.36. The predicted molar refractivity (Wildman–Crippen MR) is 140 cm³/mol. The quantitative estimate of drug-likeness (QED) is 0.243. The van der Waals surface area contributed by atoms with Crippen LogP contribution in [-0.4, -0.2) is 26.4 Å². The van der Waals surface area contributed by atoms with Gasteiger partial charge in [-0.05, 0) is 42.0 Å². The van der Waals surface area contributed by atoms with Crippen LogP contribution in [0, 0.1) is 0 Å². The molecule has 0 aliphatic heterocycles. The number of hydrogen-bond donors (Lipinski definition) is 1. The highest BCUT2D eigenvalue weighted by molar-refractivity contribution is 7.99. The molecule has 0 spiro atoms. The molecule has 0 aliphatic rings. The second-order valence-electron chi connectivity index (χ2n) is 7.97. The van der Waals surface area contributed by atoms with Crippen molar-refractivity contribution in [1.82, 2.24) is 14.8 Å². The second kappa shape index (κ2) is 11.4. The van der Waals surface area contributed by atoms with Gasteiger partial charge in [-0.25, -0.2) is 0 Å². The van der Waals surface area contributed by atoms with E-state index >= 15 is 0 Å². The summed E-state index contributed by atoms with van der Waals surface area (Å²) in [6.07, 6.45) is 1.64. The van der Waals surface area contributed by atoms with Gasteiger partial charge in [-0.1, -0.05) is 72.4 Å². The largest absolute Gasteiger partial charge is 0.489 e. The van der Waals surface area contributed by atoms with Crippen molar-refractivity contribution >= 4 is 23.4 Å². The summed E-state index contributed by atoms with van der Waals surface area (Å²) in [5, 5.41) is 12.3. The molecule has 3 aromatic carbocycles. The Hall–Kier alpha value is -4.30. The number of benzene rings is 3. The molecule has 0 aliphatic carbocycles. The molecule has 0 radical (unpaired) electrons. The van der Waals surface area contributed by atoms with Crippen molar-refractivity contribution < 1.29 is 13.9 Å². The highest BCUT2D eigenvalue weighted by Crippen LogP contribution is 2.25. The first kappa shape index (κ1) is 23.4. The maximum absolute atomic E-state index is 12.6. The third kappa shape index (κ3) is 6.03. The average Bonchev–Trinajstić information content (AvgIpc) is 3.59. The van der Waals surface area contributed by atoms with E-state index < -0.39 is 0 Å². The minimum absolute atomic E-state index is 0.133. The minimum Gasteiger partial charge on any atom is -0.489 e.